The number of hydrogen-bond acceptors (Lipinski definition) is 3. The lowest BCUT2D eigenvalue weighted by atomic mass is 10.1. The average Bonchev–Trinajstić information content (AvgIpc) is 2.64. The van der Waals surface area contributed by atoms with E-state index in [9.17, 15) is 22.8 Å². The van der Waals surface area contributed by atoms with E-state index in [0.717, 1.165) is 12.1 Å². The predicted octanol–water partition coefficient (Wildman–Crippen LogP) is 4.14. The van der Waals surface area contributed by atoms with E-state index in [4.69, 9.17) is 0 Å². The molecule has 0 saturated carbocycles. The molecule has 3 N–H and O–H groups in total. The van der Waals surface area contributed by atoms with Crippen LogP contribution in [-0.4, -0.2) is 24.9 Å². The van der Waals surface area contributed by atoms with Crippen LogP contribution in [-0.2, 0) is 11.0 Å². The van der Waals surface area contributed by atoms with Gasteiger partial charge >= 0.3 is 6.18 Å². The summed E-state index contributed by atoms with van der Waals surface area (Å²) in [6.45, 7) is 4.30. The number of rotatable bonds is 7. The maximum absolute atomic E-state index is 12.6. The van der Waals surface area contributed by atoms with Gasteiger partial charge in [-0.15, -0.1) is 0 Å². The molecule has 0 heterocycles. The molecule has 2 aromatic carbocycles. The SMILES string of the molecule is CC(C)CNC(=O)c1ccccc1NC(=O)CNc1ccc(C(F)(F)F)cc1. The standard InChI is InChI=1S/C20H22F3N3O2/c1-13(2)11-25-19(28)16-5-3-4-6-17(16)26-18(27)12-24-15-9-7-14(8-10-15)20(21,22)23/h3-10,13,24H,11-12H2,1-2H3,(H,25,28)(H,26,27). The summed E-state index contributed by atoms with van der Waals surface area (Å²) in [5, 5.41) is 8.18. The number of amides is 2. The van der Waals surface area contributed by atoms with Crippen molar-refractivity contribution in [3.63, 3.8) is 0 Å². The second-order valence-electron chi connectivity index (χ2n) is 6.63. The zero-order chi connectivity index (χ0) is 20.7. The van der Waals surface area contributed by atoms with Gasteiger partial charge in [-0.3, -0.25) is 9.59 Å². The summed E-state index contributed by atoms with van der Waals surface area (Å²) in [5.41, 5.74) is 0.323. The first-order valence-corrected chi connectivity index (χ1v) is 8.75. The van der Waals surface area contributed by atoms with E-state index < -0.39 is 17.6 Å². The van der Waals surface area contributed by atoms with Gasteiger partial charge in [0.1, 0.15) is 0 Å². The second kappa shape index (κ2) is 9.25. The van der Waals surface area contributed by atoms with Gasteiger partial charge in [-0.25, -0.2) is 0 Å². The molecule has 0 saturated heterocycles. The fraction of sp³-hybridized carbons (Fsp3) is 0.300. The number of anilines is 2. The normalized spacial score (nSPS) is 11.2. The van der Waals surface area contributed by atoms with Crippen LogP contribution in [0.4, 0.5) is 24.5 Å². The smallest absolute Gasteiger partial charge is 0.376 e. The Morgan fingerprint density at radius 2 is 1.64 bits per heavy atom. The molecule has 2 rings (SSSR count). The van der Waals surface area contributed by atoms with E-state index in [1.54, 1.807) is 24.3 Å². The molecule has 0 atom stereocenters. The second-order valence-corrected chi connectivity index (χ2v) is 6.63. The summed E-state index contributed by atoms with van der Waals surface area (Å²) < 4.78 is 37.7. The van der Waals surface area contributed by atoms with E-state index in [2.05, 4.69) is 16.0 Å². The quantitative estimate of drug-likeness (QED) is 0.662. The van der Waals surface area contributed by atoms with Crippen LogP contribution in [0, 0.1) is 5.92 Å². The van der Waals surface area contributed by atoms with Crippen LogP contribution < -0.4 is 16.0 Å². The summed E-state index contributed by atoms with van der Waals surface area (Å²) in [5.74, 6) is -0.428. The fourth-order valence-corrected chi connectivity index (χ4v) is 2.34. The largest absolute Gasteiger partial charge is 0.416 e. The number of para-hydroxylation sites is 1. The molecule has 5 nitrogen and oxygen atoms in total. The molecule has 0 unspecified atom stereocenters. The van der Waals surface area contributed by atoms with Crippen molar-refractivity contribution in [2.45, 2.75) is 20.0 Å². The lowest BCUT2D eigenvalue weighted by Gasteiger charge is -2.13. The molecular weight excluding hydrogens is 371 g/mol. The minimum absolute atomic E-state index is 0.159. The first-order valence-electron chi connectivity index (χ1n) is 8.75. The Morgan fingerprint density at radius 1 is 1.00 bits per heavy atom. The van der Waals surface area contributed by atoms with Crippen molar-refractivity contribution in [1.29, 1.82) is 0 Å². The van der Waals surface area contributed by atoms with Gasteiger partial charge in [0.2, 0.25) is 5.91 Å². The number of carbonyl (C=O) groups is 2. The highest BCUT2D eigenvalue weighted by atomic mass is 19.4. The molecule has 2 aromatic rings. The van der Waals surface area contributed by atoms with Crippen molar-refractivity contribution in [3.05, 3.63) is 59.7 Å². The maximum atomic E-state index is 12.6. The molecule has 0 fully saturated rings. The van der Waals surface area contributed by atoms with Crippen LogP contribution in [0.25, 0.3) is 0 Å². The summed E-state index contributed by atoms with van der Waals surface area (Å²) in [6.07, 6.45) is -4.41. The molecule has 8 heteroatoms. The predicted molar refractivity (Wildman–Crippen MR) is 102 cm³/mol. The minimum Gasteiger partial charge on any atom is -0.376 e. The van der Waals surface area contributed by atoms with Gasteiger partial charge in [-0.1, -0.05) is 26.0 Å². The minimum atomic E-state index is -4.41. The van der Waals surface area contributed by atoms with E-state index in [1.165, 1.54) is 12.1 Å². The monoisotopic (exact) mass is 393 g/mol. The van der Waals surface area contributed by atoms with Gasteiger partial charge in [0.15, 0.2) is 0 Å². The molecule has 0 aliphatic carbocycles. The Balaban J connectivity index is 1.95. The number of carbonyl (C=O) groups excluding carboxylic acids is 2. The van der Waals surface area contributed by atoms with Crippen LogP contribution in [0.15, 0.2) is 48.5 Å². The van der Waals surface area contributed by atoms with E-state index >= 15 is 0 Å². The summed E-state index contributed by atoms with van der Waals surface area (Å²) >= 11 is 0. The highest BCUT2D eigenvalue weighted by Gasteiger charge is 2.29. The van der Waals surface area contributed by atoms with Crippen molar-refractivity contribution in [3.8, 4) is 0 Å². The number of nitrogens with one attached hydrogen (secondary N) is 3. The van der Waals surface area contributed by atoms with Crippen LogP contribution in [0.2, 0.25) is 0 Å². The molecular formula is C20H22F3N3O2. The molecule has 0 radical (unpaired) electrons. The third-order valence-electron chi connectivity index (χ3n) is 3.78. The molecule has 28 heavy (non-hydrogen) atoms. The van der Waals surface area contributed by atoms with E-state index in [-0.39, 0.29) is 12.5 Å². The molecule has 2 amide bonds. The van der Waals surface area contributed by atoms with Crippen LogP contribution in [0.1, 0.15) is 29.8 Å². The van der Waals surface area contributed by atoms with Gasteiger partial charge in [-0.2, -0.15) is 13.2 Å². The zero-order valence-corrected chi connectivity index (χ0v) is 15.6. The van der Waals surface area contributed by atoms with Gasteiger partial charge in [0, 0.05) is 12.2 Å². The maximum Gasteiger partial charge on any atom is 0.416 e. The third-order valence-corrected chi connectivity index (χ3v) is 3.78. The lowest BCUT2D eigenvalue weighted by molar-refractivity contribution is -0.137. The Bertz CT molecular complexity index is 818. The highest BCUT2D eigenvalue weighted by Crippen LogP contribution is 2.29. The highest BCUT2D eigenvalue weighted by molar-refractivity contribution is 6.04. The van der Waals surface area contributed by atoms with Crippen LogP contribution in [0.3, 0.4) is 0 Å². The van der Waals surface area contributed by atoms with Crippen molar-refractivity contribution in [1.82, 2.24) is 5.32 Å². The number of alkyl halides is 3. The van der Waals surface area contributed by atoms with E-state index in [1.807, 2.05) is 13.8 Å². The van der Waals surface area contributed by atoms with Gasteiger partial charge in [-0.05, 0) is 42.3 Å². The third kappa shape index (κ3) is 6.29. The number of benzene rings is 2. The zero-order valence-electron chi connectivity index (χ0n) is 15.6. The van der Waals surface area contributed by atoms with Crippen molar-refractivity contribution >= 4 is 23.2 Å². The summed E-state index contributed by atoms with van der Waals surface area (Å²) in [4.78, 5) is 24.4. The Morgan fingerprint density at radius 3 is 2.25 bits per heavy atom. The first-order chi connectivity index (χ1) is 13.2. The Hall–Kier alpha value is -3.03. The average molecular weight is 393 g/mol. The van der Waals surface area contributed by atoms with Crippen molar-refractivity contribution in [2.24, 2.45) is 5.92 Å². The molecule has 0 aliphatic heterocycles. The van der Waals surface area contributed by atoms with E-state index in [0.29, 0.717) is 29.4 Å². The van der Waals surface area contributed by atoms with Crippen LogP contribution in [0.5, 0.6) is 0 Å². The summed E-state index contributed by atoms with van der Waals surface area (Å²) in [6, 6.07) is 11.0. The molecule has 0 spiro atoms. The van der Waals surface area contributed by atoms with Crippen molar-refractivity contribution in [2.75, 3.05) is 23.7 Å². The van der Waals surface area contributed by atoms with Crippen LogP contribution >= 0.6 is 0 Å². The molecule has 0 aromatic heterocycles. The molecule has 0 aliphatic rings. The number of hydrogen-bond donors (Lipinski definition) is 3. The summed E-state index contributed by atoms with van der Waals surface area (Å²) in [7, 11) is 0. The number of halogens is 3. The van der Waals surface area contributed by atoms with Crippen molar-refractivity contribution < 1.29 is 22.8 Å². The van der Waals surface area contributed by atoms with Gasteiger partial charge in [0.25, 0.3) is 5.91 Å². The fourth-order valence-electron chi connectivity index (χ4n) is 2.34. The first kappa shape index (κ1) is 21.3. The lowest BCUT2D eigenvalue weighted by Crippen LogP contribution is -2.29. The molecule has 0 bridgehead atoms. The van der Waals surface area contributed by atoms with Gasteiger partial charge < -0.3 is 16.0 Å². The Kier molecular flexibility index (Phi) is 7.03. The van der Waals surface area contributed by atoms with Gasteiger partial charge in [0.05, 0.1) is 23.4 Å². The molecule has 150 valence electrons. The topological polar surface area (TPSA) is 70.2 Å². The Labute approximate surface area is 161 Å².